The molecule has 3 aromatic rings. The number of hydrogen-bond donors (Lipinski definition) is 0. The molecule has 0 fully saturated rings. The Kier molecular flexibility index (Phi) is 3.29. The summed E-state index contributed by atoms with van der Waals surface area (Å²) in [5.41, 5.74) is 3.04. The zero-order chi connectivity index (χ0) is 16.9. The first kappa shape index (κ1) is 15.0. The molecule has 0 saturated carbocycles. The van der Waals surface area contributed by atoms with Crippen molar-refractivity contribution < 1.29 is 4.79 Å². The Hall–Kier alpha value is -2.52. The van der Waals surface area contributed by atoms with Crippen LogP contribution in [0.3, 0.4) is 0 Å². The van der Waals surface area contributed by atoms with Gasteiger partial charge in [-0.3, -0.25) is 14.8 Å². The van der Waals surface area contributed by atoms with Gasteiger partial charge in [-0.25, -0.2) is 0 Å². The summed E-state index contributed by atoms with van der Waals surface area (Å²) in [7, 11) is 0. The Bertz CT molecular complexity index is 1020. The second-order valence-corrected chi connectivity index (χ2v) is 6.83. The van der Waals surface area contributed by atoms with E-state index in [-0.39, 0.29) is 5.78 Å². The maximum atomic E-state index is 12.7. The van der Waals surface area contributed by atoms with Gasteiger partial charge in [0.15, 0.2) is 5.78 Å². The molecule has 4 heteroatoms. The summed E-state index contributed by atoms with van der Waals surface area (Å²) in [6.45, 7) is 3.63. The van der Waals surface area contributed by atoms with Gasteiger partial charge in [-0.05, 0) is 32.0 Å². The number of halogens is 1. The Morgan fingerprint density at radius 3 is 2.67 bits per heavy atom. The Morgan fingerprint density at radius 1 is 1.04 bits per heavy atom. The van der Waals surface area contributed by atoms with E-state index in [1.807, 2.05) is 50.2 Å². The zero-order valence-corrected chi connectivity index (χ0v) is 14.1. The van der Waals surface area contributed by atoms with Gasteiger partial charge in [0.25, 0.3) is 0 Å². The number of aliphatic imine (C=N–C) groups is 1. The second kappa shape index (κ2) is 5.25. The van der Waals surface area contributed by atoms with Gasteiger partial charge in [-0.2, -0.15) is 0 Å². The number of nitrogens with zero attached hydrogens (tertiary/aromatic N) is 2. The van der Waals surface area contributed by atoms with Crippen LogP contribution >= 0.6 is 11.6 Å². The van der Waals surface area contributed by atoms with Crippen LogP contribution in [0.25, 0.3) is 10.9 Å². The molecule has 118 valence electrons. The molecule has 0 N–H and O–H groups in total. The van der Waals surface area contributed by atoms with E-state index < -0.39 is 5.54 Å². The van der Waals surface area contributed by atoms with Crippen LogP contribution in [-0.4, -0.2) is 22.0 Å². The summed E-state index contributed by atoms with van der Waals surface area (Å²) in [6, 6.07) is 15.5. The maximum Gasteiger partial charge on any atom is 0.191 e. The second-order valence-electron chi connectivity index (χ2n) is 6.43. The van der Waals surface area contributed by atoms with Crippen molar-refractivity contribution >= 4 is 34.0 Å². The molecule has 2 aromatic carbocycles. The Morgan fingerprint density at radius 2 is 1.83 bits per heavy atom. The number of Topliss-reactive ketones (excluding diaryl/α,β-unsaturated/α-hetero) is 1. The predicted octanol–water partition coefficient (Wildman–Crippen LogP) is 4.70. The van der Waals surface area contributed by atoms with Crippen LogP contribution in [0.15, 0.2) is 59.7 Å². The third-order valence-corrected chi connectivity index (χ3v) is 4.62. The largest absolute Gasteiger partial charge is 0.291 e. The van der Waals surface area contributed by atoms with Crippen molar-refractivity contribution in [1.82, 2.24) is 4.98 Å². The van der Waals surface area contributed by atoms with Crippen LogP contribution in [0.2, 0.25) is 5.02 Å². The Balaban J connectivity index is 1.99. The lowest BCUT2D eigenvalue weighted by Crippen LogP contribution is -2.37. The molecule has 1 aromatic heterocycles. The topological polar surface area (TPSA) is 42.3 Å². The molecule has 2 heterocycles. The first-order valence-corrected chi connectivity index (χ1v) is 8.14. The highest BCUT2D eigenvalue weighted by molar-refractivity contribution is 6.37. The minimum atomic E-state index is -0.848. The van der Waals surface area contributed by atoms with E-state index in [9.17, 15) is 4.79 Å². The van der Waals surface area contributed by atoms with Crippen LogP contribution in [0.1, 0.15) is 35.3 Å². The van der Waals surface area contributed by atoms with Crippen molar-refractivity contribution in [3.8, 4) is 0 Å². The monoisotopic (exact) mass is 334 g/mol. The number of fused-ring (bicyclic) bond motifs is 2. The lowest BCUT2D eigenvalue weighted by atomic mass is 9.84. The summed E-state index contributed by atoms with van der Waals surface area (Å²) < 4.78 is 0. The van der Waals surface area contributed by atoms with Gasteiger partial charge in [0.05, 0.1) is 16.3 Å². The minimum absolute atomic E-state index is 0.0550. The fourth-order valence-corrected chi connectivity index (χ4v) is 3.33. The normalized spacial score (nSPS) is 16.0. The SMILES string of the molecule is CC1(C)N=C(c2cnc3ccccc3c2)c2cccc(Cl)c2C1=O. The van der Waals surface area contributed by atoms with E-state index >= 15 is 0 Å². The van der Waals surface area contributed by atoms with Crippen LogP contribution in [0, 0.1) is 0 Å². The van der Waals surface area contributed by atoms with E-state index in [4.69, 9.17) is 16.6 Å². The lowest BCUT2D eigenvalue weighted by molar-refractivity contribution is 0.0912. The van der Waals surface area contributed by atoms with Gasteiger partial charge >= 0.3 is 0 Å². The third-order valence-electron chi connectivity index (χ3n) is 4.31. The first-order chi connectivity index (χ1) is 11.5. The molecular weight excluding hydrogens is 320 g/mol. The molecule has 0 bridgehead atoms. The maximum absolute atomic E-state index is 12.7. The van der Waals surface area contributed by atoms with Crippen LogP contribution in [-0.2, 0) is 0 Å². The molecule has 0 aliphatic carbocycles. The summed E-state index contributed by atoms with van der Waals surface area (Å²) >= 11 is 6.32. The quantitative estimate of drug-likeness (QED) is 0.647. The highest BCUT2D eigenvalue weighted by atomic mass is 35.5. The van der Waals surface area contributed by atoms with E-state index in [1.165, 1.54) is 0 Å². The highest BCUT2D eigenvalue weighted by Crippen LogP contribution is 2.33. The smallest absolute Gasteiger partial charge is 0.191 e. The van der Waals surface area contributed by atoms with E-state index in [0.29, 0.717) is 10.6 Å². The minimum Gasteiger partial charge on any atom is -0.291 e. The number of aromatic nitrogens is 1. The van der Waals surface area contributed by atoms with Crippen molar-refractivity contribution in [2.45, 2.75) is 19.4 Å². The standard InChI is InChI=1S/C20H15ClN2O/c1-20(2)19(24)17-14(7-5-8-15(17)21)18(23-20)13-10-12-6-3-4-9-16(12)22-11-13/h3-11H,1-2H3. The fraction of sp³-hybridized carbons (Fsp3) is 0.150. The molecule has 0 spiro atoms. The molecule has 0 unspecified atom stereocenters. The van der Waals surface area contributed by atoms with Gasteiger partial charge in [-0.15, -0.1) is 0 Å². The fourth-order valence-electron chi connectivity index (χ4n) is 3.07. The summed E-state index contributed by atoms with van der Waals surface area (Å²) in [5.74, 6) is -0.0550. The van der Waals surface area contributed by atoms with E-state index in [2.05, 4.69) is 11.1 Å². The van der Waals surface area contributed by atoms with Gasteiger partial charge in [0, 0.05) is 28.3 Å². The van der Waals surface area contributed by atoms with Crippen molar-refractivity contribution in [2.24, 2.45) is 4.99 Å². The molecule has 3 nitrogen and oxygen atoms in total. The summed E-state index contributed by atoms with van der Waals surface area (Å²) in [6.07, 6.45) is 1.80. The van der Waals surface area contributed by atoms with Crippen molar-refractivity contribution in [1.29, 1.82) is 0 Å². The van der Waals surface area contributed by atoms with Crippen molar-refractivity contribution in [3.05, 3.63) is 76.4 Å². The molecule has 1 aliphatic rings. The number of rotatable bonds is 1. The molecular formula is C20H15ClN2O. The molecule has 24 heavy (non-hydrogen) atoms. The third kappa shape index (κ3) is 2.24. The van der Waals surface area contributed by atoms with Gasteiger partial charge in [0.1, 0.15) is 5.54 Å². The van der Waals surface area contributed by atoms with Crippen LogP contribution in [0.4, 0.5) is 0 Å². The molecule has 1 aliphatic heterocycles. The molecule has 0 amide bonds. The lowest BCUT2D eigenvalue weighted by Gasteiger charge is -2.28. The van der Waals surface area contributed by atoms with Crippen molar-refractivity contribution in [2.75, 3.05) is 0 Å². The van der Waals surface area contributed by atoms with Gasteiger partial charge in [-0.1, -0.05) is 41.9 Å². The Labute approximate surface area is 145 Å². The van der Waals surface area contributed by atoms with Crippen molar-refractivity contribution in [3.63, 3.8) is 0 Å². The first-order valence-electron chi connectivity index (χ1n) is 7.76. The zero-order valence-electron chi connectivity index (χ0n) is 13.4. The predicted molar refractivity (Wildman–Crippen MR) is 97.2 cm³/mol. The van der Waals surface area contributed by atoms with E-state index in [0.717, 1.165) is 27.7 Å². The van der Waals surface area contributed by atoms with Gasteiger partial charge < -0.3 is 0 Å². The molecule has 0 saturated heterocycles. The summed E-state index contributed by atoms with van der Waals surface area (Å²) in [4.78, 5) is 22.0. The van der Waals surface area contributed by atoms with Crippen LogP contribution < -0.4 is 0 Å². The van der Waals surface area contributed by atoms with Crippen LogP contribution in [0.5, 0.6) is 0 Å². The number of benzene rings is 2. The number of carbonyl (C=O) groups is 1. The average Bonchev–Trinajstić information content (AvgIpc) is 2.58. The molecule has 4 rings (SSSR count). The highest BCUT2D eigenvalue weighted by Gasteiger charge is 2.37. The van der Waals surface area contributed by atoms with E-state index in [1.54, 1.807) is 12.3 Å². The summed E-state index contributed by atoms with van der Waals surface area (Å²) in [5, 5.41) is 1.50. The number of ketones is 1. The molecule has 0 atom stereocenters. The number of carbonyl (C=O) groups excluding carboxylic acids is 1. The average molecular weight is 335 g/mol. The number of hydrogen-bond acceptors (Lipinski definition) is 3. The number of para-hydroxylation sites is 1. The van der Waals surface area contributed by atoms with Gasteiger partial charge in [0.2, 0.25) is 0 Å². The number of pyridine rings is 1. The molecule has 0 radical (unpaired) electrons.